The average Bonchev–Trinajstić information content (AvgIpc) is 3.20. The minimum absolute atomic E-state index is 0.190. The van der Waals surface area contributed by atoms with Crippen LogP contribution in [-0.4, -0.2) is 66.9 Å². The molecule has 1 aliphatic heterocycles. The van der Waals surface area contributed by atoms with Gasteiger partial charge in [-0.15, -0.1) is 0 Å². The quantitative estimate of drug-likeness (QED) is 0.281. The van der Waals surface area contributed by atoms with E-state index < -0.39 is 5.91 Å². The molecular weight excluding hydrogens is 390 g/mol. The molecule has 3 aromatic rings. The third-order valence-corrected chi connectivity index (χ3v) is 4.87. The number of imidazole rings is 1. The Morgan fingerprint density at radius 2 is 1.93 bits per heavy atom. The monoisotopic (exact) mass is 413 g/mol. The molecule has 0 saturated carbocycles. The molecule has 3 aromatic heterocycles. The second-order valence-electron chi connectivity index (χ2n) is 6.90. The van der Waals surface area contributed by atoms with Crippen molar-refractivity contribution in [3.05, 3.63) is 18.7 Å². The first-order valence-corrected chi connectivity index (χ1v) is 9.72. The van der Waals surface area contributed by atoms with Crippen molar-refractivity contribution in [3.63, 3.8) is 0 Å². The van der Waals surface area contributed by atoms with E-state index in [9.17, 15) is 4.79 Å². The number of hydroxylamine groups is 1. The summed E-state index contributed by atoms with van der Waals surface area (Å²) in [6.07, 6.45) is 6.59. The molecule has 30 heavy (non-hydrogen) atoms. The number of aryl methyl sites for hydroxylation is 1. The number of hydrogen-bond acceptors (Lipinski definition) is 10. The van der Waals surface area contributed by atoms with E-state index in [1.807, 2.05) is 4.57 Å². The van der Waals surface area contributed by atoms with Gasteiger partial charge in [0.1, 0.15) is 11.2 Å². The van der Waals surface area contributed by atoms with E-state index in [0.717, 1.165) is 6.42 Å². The number of aromatic nitrogens is 6. The van der Waals surface area contributed by atoms with Crippen molar-refractivity contribution in [2.45, 2.75) is 25.8 Å². The molecule has 12 heteroatoms. The van der Waals surface area contributed by atoms with Gasteiger partial charge < -0.3 is 19.9 Å². The zero-order valence-corrected chi connectivity index (χ0v) is 16.4. The smallest absolute Gasteiger partial charge is 0.243 e. The summed E-state index contributed by atoms with van der Waals surface area (Å²) in [4.78, 5) is 35.5. The van der Waals surface area contributed by atoms with Crippen LogP contribution in [0, 0.1) is 0 Å². The zero-order valence-electron chi connectivity index (χ0n) is 16.4. The minimum Gasteiger partial charge on any atom is -0.378 e. The van der Waals surface area contributed by atoms with Gasteiger partial charge in [0, 0.05) is 44.0 Å². The summed E-state index contributed by atoms with van der Waals surface area (Å²) in [5.41, 5.74) is 9.96. The van der Waals surface area contributed by atoms with E-state index >= 15 is 0 Å². The lowest BCUT2D eigenvalue weighted by atomic mass is 10.2. The van der Waals surface area contributed by atoms with Gasteiger partial charge in [-0.25, -0.2) is 25.4 Å². The molecule has 0 aliphatic carbocycles. The Bertz CT molecular complexity index is 1020. The Morgan fingerprint density at radius 3 is 2.67 bits per heavy atom. The number of rotatable bonds is 7. The molecule has 0 bridgehead atoms. The van der Waals surface area contributed by atoms with Crippen molar-refractivity contribution < 1.29 is 14.7 Å². The molecule has 158 valence electrons. The van der Waals surface area contributed by atoms with Gasteiger partial charge in [-0.2, -0.15) is 4.98 Å². The summed E-state index contributed by atoms with van der Waals surface area (Å²) in [5.74, 6) is 0.391. The maximum Gasteiger partial charge on any atom is 0.243 e. The second-order valence-corrected chi connectivity index (χ2v) is 6.90. The number of carbonyl (C=O) groups is 1. The first-order chi connectivity index (χ1) is 14.7. The number of hydrogen-bond donors (Lipinski definition) is 3. The van der Waals surface area contributed by atoms with Crippen LogP contribution in [0.15, 0.2) is 18.7 Å². The minimum atomic E-state index is -0.395. The fraction of sp³-hybridized carbons (Fsp3) is 0.444. The Labute approximate surface area is 172 Å². The third-order valence-electron chi connectivity index (χ3n) is 4.87. The number of ether oxygens (including phenoxy) is 1. The van der Waals surface area contributed by atoms with Crippen LogP contribution in [0.25, 0.3) is 22.4 Å². The van der Waals surface area contributed by atoms with Crippen molar-refractivity contribution in [1.82, 2.24) is 35.0 Å². The summed E-state index contributed by atoms with van der Waals surface area (Å²) < 4.78 is 7.38. The van der Waals surface area contributed by atoms with Gasteiger partial charge in [0.05, 0.1) is 19.5 Å². The van der Waals surface area contributed by atoms with Gasteiger partial charge in [0.15, 0.2) is 5.65 Å². The number of nitrogens with zero attached hydrogens (tertiary/aromatic N) is 7. The van der Waals surface area contributed by atoms with E-state index in [4.69, 9.17) is 25.6 Å². The van der Waals surface area contributed by atoms with Crippen molar-refractivity contribution in [2.24, 2.45) is 0 Å². The van der Waals surface area contributed by atoms with Crippen LogP contribution >= 0.6 is 0 Å². The lowest BCUT2D eigenvalue weighted by molar-refractivity contribution is -0.129. The molecule has 4 rings (SSSR count). The summed E-state index contributed by atoms with van der Waals surface area (Å²) in [5, 5.41) is 8.61. The molecule has 0 aromatic carbocycles. The highest BCUT2D eigenvalue weighted by atomic mass is 16.5. The van der Waals surface area contributed by atoms with E-state index in [0.29, 0.717) is 67.6 Å². The van der Waals surface area contributed by atoms with Crippen LogP contribution in [-0.2, 0) is 16.1 Å². The van der Waals surface area contributed by atoms with Gasteiger partial charge in [0.25, 0.3) is 0 Å². The lowest BCUT2D eigenvalue weighted by Gasteiger charge is -2.27. The Kier molecular flexibility index (Phi) is 5.95. The second kappa shape index (κ2) is 8.97. The topological polar surface area (TPSA) is 157 Å². The van der Waals surface area contributed by atoms with Crippen LogP contribution in [0.2, 0.25) is 0 Å². The number of carbonyl (C=O) groups excluding carboxylic acids is 1. The first kappa shape index (κ1) is 19.9. The number of fused-ring (bicyclic) bond motifs is 1. The predicted molar refractivity (Wildman–Crippen MR) is 108 cm³/mol. The van der Waals surface area contributed by atoms with Gasteiger partial charge in [-0.3, -0.25) is 10.0 Å². The van der Waals surface area contributed by atoms with Gasteiger partial charge in [-0.1, -0.05) is 0 Å². The maximum absolute atomic E-state index is 11.2. The van der Waals surface area contributed by atoms with Crippen molar-refractivity contribution in [3.8, 4) is 11.3 Å². The van der Waals surface area contributed by atoms with Crippen LogP contribution in [0.5, 0.6) is 0 Å². The molecule has 0 radical (unpaired) electrons. The molecule has 0 atom stereocenters. The number of nitrogens with one attached hydrogen (secondary N) is 1. The average molecular weight is 413 g/mol. The van der Waals surface area contributed by atoms with Crippen LogP contribution in [0.4, 0.5) is 11.9 Å². The Balaban J connectivity index is 1.67. The summed E-state index contributed by atoms with van der Waals surface area (Å²) in [6.45, 7) is 3.27. The number of unbranched alkanes of at least 4 members (excludes halogenated alkanes) is 1. The Hall–Kier alpha value is -3.38. The van der Waals surface area contributed by atoms with Crippen molar-refractivity contribution in [1.29, 1.82) is 0 Å². The highest BCUT2D eigenvalue weighted by Gasteiger charge is 2.20. The molecule has 0 unspecified atom stereocenters. The van der Waals surface area contributed by atoms with E-state index in [2.05, 4.69) is 19.9 Å². The van der Waals surface area contributed by atoms with Crippen LogP contribution in [0.1, 0.15) is 19.3 Å². The maximum atomic E-state index is 11.2. The number of morpholine rings is 1. The zero-order chi connectivity index (χ0) is 20.9. The summed E-state index contributed by atoms with van der Waals surface area (Å²) >= 11 is 0. The third kappa shape index (κ3) is 4.28. The normalized spacial score (nSPS) is 14.2. The molecule has 1 fully saturated rings. The van der Waals surface area contributed by atoms with E-state index in [1.54, 1.807) is 24.2 Å². The molecule has 0 spiro atoms. The van der Waals surface area contributed by atoms with E-state index in [1.165, 1.54) is 0 Å². The Morgan fingerprint density at radius 1 is 1.17 bits per heavy atom. The SMILES string of the molecule is Nc1ncc(-c2nc(N3CCOCC3)nc3c2ncn3CCCCC(=O)NO)cn1. The number of anilines is 2. The molecule has 4 N–H and O–H groups in total. The largest absolute Gasteiger partial charge is 0.378 e. The fourth-order valence-corrected chi connectivity index (χ4v) is 3.29. The standard InChI is InChI=1S/C18H23N9O3/c19-17-20-9-12(10-21-17)14-15-16(24-18(23-14)26-5-7-30-8-6-26)27(11-22-15)4-2-1-3-13(28)25-29/h9-11,29H,1-8H2,(H,25,28)(H2,19,20,21). The molecule has 1 amide bonds. The number of amides is 1. The summed E-state index contributed by atoms with van der Waals surface area (Å²) in [7, 11) is 0. The molecule has 12 nitrogen and oxygen atoms in total. The van der Waals surface area contributed by atoms with Crippen molar-refractivity contribution in [2.75, 3.05) is 36.9 Å². The molecule has 1 saturated heterocycles. The molecule has 1 aliphatic rings. The highest BCUT2D eigenvalue weighted by Crippen LogP contribution is 2.27. The molecular formula is C18H23N9O3. The van der Waals surface area contributed by atoms with E-state index in [-0.39, 0.29) is 12.4 Å². The molecule has 4 heterocycles. The van der Waals surface area contributed by atoms with Crippen LogP contribution in [0.3, 0.4) is 0 Å². The van der Waals surface area contributed by atoms with Crippen molar-refractivity contribution >= 4 is 29.0 Å². The van der Waals surface area contributed by atoms with Gasteiger partial charge in [0.2, 0.25) is 17.8 Å². The van der Waals surface area contributed by atoms with Crippen LogP contribution < -0.4 is 16.1 Å². The first-order valence-electron chi connectivity index (χ1n) is 9.72. The number of nitrogens with two attached hydrogens (primary N) is 1. The van der Waals surface area contributed by atoms with Gasteiger partial charge >= 0.3 is 0 Å². The fourth-order valence-electron chi connectivity index (χ4n) is 3.29. The number of nitrogen functional groups attached to an aromatic ring is 1. The summed E-state index contributed by atoms with van der Waals surface area (Å²) in [6, 6.07) is 0. The lowest BCUT2D eigenvalue weighted by Crippen LogP contribution is -2.37. The predicted octanol–water partition coefficient (Wildman–Crippen LogP) is 0.378. The van der Waals surface area contributed by atoms with Gasteiger partial charge in [-0.05, 0) is 12.8 Å². The highest BCUT2D eigenvalue weighted by molar-refractivity contribution is 5.88.